The molecule has 144 valence electrons. The third-order valence-electron chi connectivity index (χ3n) is 4.51. The Kier molecular flexibility index (Phi) is 6.17. The molecule has 3 aromatic rings. The minimum atomic E-state index is 0.118. The third-order valence-corrected chi connectivity index (χ3v) is 4.51. The molecule has 5 nitrogen and oxygen atoms in total. The van der Waals surface area contributed by atoms with Crippen LogP contribution in [0, 0.1) is 0 Å². The van der Waals surface area contributed by atoms with E-state index < -0.39 is 0 Å². The summed E-state index contributed by atoms with van der Waals surface area (Å²) in [5.74, 6) is 2.52. The average molecular weight is 376 g/mol. The maximum atomic E-state index is 9.93. The number of ether oxygens (including phenoxy) is 2. The fourth-order valence-corrected chi connectivity index (χ4v) is 2.91. The lowest BCUT2D eigenvalue weighted by Gasteiger charge is -2.25. The van der Waals surface area contributed by atoms with E-state index in [0.29, 0.717) is 18.7 Å². The van der Waals surface area contributed by atoms with Gasteiger partial charge in [0, 0.05) is 18.7 Å². The smallest absolute Gasteiger partial charge is 0.141 e. The topological polar surface area (TPSA) is 54.8 Å². The van der Waals surface area contributed by atoms with Gasteiger partial charge in [0.1, 0.15) is 23.1 Å². The van der Waals surface area contributed by atoms with Crippen molar-refractivity contribution in [2.45, 2.75) is 13.1 Å². The Labute approximate surface area is 165 Å². The fourth-order valence-electron chi connectivity index (χ4n) is 2.91. The van der Waals surface area contributed by atoms with Crippen molar-refractivity contribution in [2.24, 2.45) is 0 Å². The fraction of sp³-hybridized carbons (Fsp3) is 0.174. The molecular weight excluding hydrogens is 352 g/mol. The number of rotatable bonds is 8. The summed E-state index contributed by atoms with van der Waals surface area (Å²) in [7, 11) is 3.31. The van der Waals surface area contributed by atoms with Crippen LogP contribution in [-0.2, 0) is 13.1 Å². The summed E-state index contributed by atoms with van der Waals surface area (Å²) < 4.78 is 10.5. The Morgan fingerprint density at radius 2 is 1.43 bits per heavy atom. The van der Waals surface area contributed by atoms with Crippen LogP contribution in [0.2, 0.25) is 0 Å². The molecule has 0 amide bonds. The lowest BCUT2D eigenvalue weighted by molar-refractivity contribution is 0.414. The van der Waals surface area contributed by atoms with Crippen LogP contribution in [-0.4, -0.2) is 24.3 Å². The van der Waals surface area contributed by atoms with E-state index in [2.05, 4.69) is 16.5 Å². The van der Waals surface area contributed by atoms with Crippen LogP contribution in [0.4, 0.5) is 5.82 Å². The van der Waals surface area contributed by atoms with Crippen molar-refractivity contribution in [3.63, 3.8) is 0 Å². The summed E-state index contributed by atoms with van der Waals surface area (Å²) in [6.45, 7) is 5.08. The molecule has 3 rings (SSSR count). The van der Waals surface area contributed by atoms with E-state index >= 15 is 0 Å². The van der Waals surface area contributed by atoms with E-state index in [4.69, 9.17) is 9.47 Å². The Morgan fingerprint density at radius 3 is 1.86 bits per heavy atom. The number of nitrogens with zero attached hydrogens (tertiary/aromatic N) is 2. The van der Waals surface area contributed by atoms with Crippen molar-refractivity contribution in [1.29, 1.82) is 0 Å². The third kappa shape index (κ3) is 4.62. The second kappa shape index (κ2) is 8.95. The van der Waals surface area contributed by atoms with Gasteiger partial charge in [-0.15, -0.1) is 0 Å². The van der Waals surface area contributed by atoms with E-state index in [1.165, 1.54) is 6.20 Å². The van der Waals surface area contributed by atoms with Crippen LogP contribution in [0.3, 0.4) is 0 Å². The van der Waals surface area contributed by atoms with Crippen LogP contribution in [0.5, 0.6) is 17.2 Å². The zero-order valence-corrected chi connectivity index (χ0v) is 16.1. The highest BCUT2D eigenvalue weighted by molar-refractivity contribution is 5.59. The minimum absolute atomic E-state index is 0.118. The molecule has 0 aliphatic heterocycles. The quantitative estimate of drug-likeness (QED) is 0.620. The normalized spacial score (nSPS) is 10.4. The molecule has 0 aliphatic rings. The maximum Gasteiger partial charge on any atom is 0.141 e. The second-order valence-corrected chi connectivity index (χ2v) is 6.36. The summed E-state index contributed by atoms with van der Waals surface area (Å²) in [6.07, 6.45) is 3.08. The van der Waals surface area contributed by atoms with Gasteiger partial charge in [-0.05, 0) is 41.5 Å². The number of hydrogen-bond donors (Lipinski definition) is 1. The number of pyridine rings is 1. The van der Waals surface area contributed by atoms with Gasteiger partial charge in [0.05, 0.1) is 20.4 Å². The van der Waals surface area contributed by atoms with Gasteiger partial charge in [0.25, 0.3) is 0 Å². The van der Waals surface area contributed by atoms with Gasteiger partial charge >= 0.3 is 0 Å². The number of benzene rings is 2. The standard InChI is InChI=1S/C23H24N2O3/c1-4-19-13-23(24-14-22(19)26)25(15-17-5-9-20(27-2)10-6-17)16-18-7-11-21(28-3)12-8-18/h4-14,26H,1,15-16H2,2-3H3. The highest BCUT2D eigenvalue weighted by atomic mass is 16.5. The molecule has 0 radical (unpaired) electrons. The highest BCUT2D eigenvalue weighted by Crippen LogP contribution is 2.25. The zero-order chi connectivity index (χ0) is 19.9. The molecule has 0 saturated carbocycles. The molecule has 1 aromatic heterocycles. The zero-order valence-electron chi connectivity index (χ0n) is 16.1. The van der Waals surface area contributed by atoms with Crippen LogP contribution < -0.4 is 14.4 Å². The molecule has 28 heavy (non-hydrogen) atoms. The van der Waals surface area contributed by atoms with Gasteiger partial charge in [-0.2, -0.15) is 0 Å². The number of hydrogen-bond acceptors (Lipinski definition) is 5. The predicted octanol–water partition coefficient (Wildman–Crippen LogP) is 4.65. The van der Waals surface area contributed by atoms with Gasteiger partial charge in [0.2, 0.25) is 0 Å². The Bertz CT molecular complexity index is 872. The Balaban J connectivity index is 1.90. The molecule has 0 bridgehead atoms. The van der Waals surface area contributed by atoms with E-state index in [0.717, 1.165) is 28.4 Å². The molecule has 5 heteroatoms. The van der Waals surface area contributed by atoms with Gasteiger partial charge in [-0.25, -0.2) is 4.98 Å². The van der Waals surface area contributed by atoms with Gasteiger partial charge in [0.15, 0.2) is 0 Å². The largest absolute Gasteiger partial charge is 0.506 e. The summed E-state index contributed by atoms with van der Waals surface area (Å²) in [5, 5.41) is 9.93. The van der Waals surface area contributed by atoms with Gasteiger partial charge < -0.3 is 19.5 Å². The average Bonchev–Trinajstić information content (AvgIpc) is 2.74. The first kappa shape index (κ1) is 19.3. The number of aromatic hydroxyl groups is 1. The van der Waals surface area contributed by atoms with Crippen molar-refractivity contribution in [3.05, 3.63) is 84.1 Å². The number of aromatic nitrogens is 1. The number of methoxy groups -OCH3 is 2. The van der Waals surface area contributed by atoms with E-state index in [9.17, 15) is 5.11 Å². The molecule has 0 atom stereocenters. The van der Waals surface area contributed by atoms with Crippen molar-refractivity contribution in [1.82, 2.24) is 4.98 Å². The summed E-state index contributed by atoms with van der Waals surface area (Å²) in [5.41, 5.74) is 2.91. The first-order valence-electron chi connectivity index (χ1n) is 8.95. The summed E-state index contributed by atoms with van der Waals surface area (Å²) in [4.78, 5) is 6.57. The van der Waals surface area contributed by atoms with Crippen molar-refractivity contribution in [3.8, 4) is 17.2 Å². The lowest BCUT2D eigenvalue weighted by atomic mass is 10.1. The second-order valence-electron chi connectivity index (χ2n) is 6.36. The molecule has 0 unspecified atom stereocenters. The minimum Gasteiger partial charge on any atom is -0.506 e. The first-order chi connectivity index (χ1) is 13.6. The van der Waals surface area contributed by atoms with Gasteiger partial charge in [-0.3, -0.25) is 0 Å². The van der Waals surface area contributed by atoms with Crippen molar-refractivity contribution < 1.29 is 14.6 Å². The molecule has 0 fully saturated rings. The van der Waals surface area contributed by atoms with Crippen LogP contribution >= 0.6 is 0 Å². The highest BCUT2D eigenvalue weighted by Gasteiger charge is 2.12. The van der Waals surface area contributed by atoms with Crippen LogP contribution in [0.25, 0.3) is 6.08 Å². The summed E-state index contributed by atoms with van der Waals surface area (Å²) in [6, 6.07) is 17.8. The predicted molar refractivity (Wildman–Crippen MR) is 112 cm³/mol. The number of anilines is 1. The monoisotopic (exact) mass is 376 g/mol. The van der Waals surface area contributed by atoms with Gasteiger partial charge in [-0.1, -0.05) is 36.9 Å². The SMILES string of the molecule is C=Cc1cc(N(Cc2ccc(OC)cc2)Cc2ccc(OC)cc2)ncc1O. The Morgan fingerprint density at radius 1 is 0.929 bits per heavy atom. The molecule has 1 heterocycles. The lowest BCUT2D eigenvalue weighted by Crippen LogP contribution is -2.23. The molecule has 0 saturated heterocycles. The van der Waals surface area contributed by atoms with Crippen molar-refractivity contribution in [2.75, 3.05) is 19.1 Å². The Hall–Kier alpha value is -3.47. The molecular formula is C23H24N2O3. The van der Waals surface area contributed by atoms with E-state index in [1.54, 1.807) is 20.3 Å². The first-order valence-corrected chi connectivity index (χ1v) is 8.95. The van der Waals surface area contributed by atoms with Crippen LogP contribution in [0.1, 0.15) is 16.7 Å². The molecule has 0 spiro atoms. The summed E-state index contributed by atoms with van der Waals surface area (Å²) >= 11 is 0. The molecule has 0 aliphatic carbocycles. The van der Waals surface area contributed by atoms with E-state index in [1.807, 2.05) is 54.6 Å². The van der Waals surface area contributed by atoms with E-state index in [-0.39, 0.29) is 5.75 Å². The maximum absolute atomic E-state index is 9.93. The molecule has 2 aromatic carbocycles. The van der Waals surface area contributed by atoms with Crippen LogP contribution in [0.15, 0.2) is 67.4 Å². The van der Waals surface area contributed by atoms with Crippen molar-refractivity contribution >= 4 is 11.9 Å². The molecule has 1 N–H and O–H groups in total.